The minimum atomic E-state index is -0.529. The molecule has 1 aromatic carbocycles. The molecule has 0 spiro atoms. The molecule has 178 valence electrons. The smallest absolute Gasteiger partial charge is 0.222 e. The number of ether oxygens (including phenoxy) is 2. The zero-order valence-electron chi connectivity index (χ0n) is 18.9. The molecule has 3 aliphatic rings. The van der Waals surface area contributed by atoms with Crippen molar-refractivity contribution in [3.8, 4) is 0 Å². The maximum atomic E-state index is 12.5. The van der Waals surface area contributed by atoms with Crippen LogP contribution in [0.1, 0.15) is 56.9 Å². The Morgan fingerprint density at radius 2 is 2.00 bits per heavy atom. The van der Waals surface area contributed by atoms with Crippen molar-refractivity contribution in [2.45, 2.75) is 82.3 Å². The lowest BCUT2D eigenvalue weighted by atomic mass is 9.89. The van der Waals surface area contributed by atoms with E-state index in [1.807, 2.05) is 18.2 Å². The van der Waals surface area contributed by atoms with E-state index in [9.17, 15) is 9.90 Å². The summed E-state index contributed by atoms with van der Waals surface area (Å²) in [7, 11) is 0. The Labute approximate surface area is 196 Å². The first-order valence-electron chi connectivity index (χ1n) is 12.2. The van der Waals surface area contributed by atoms with Crippen LogP contribution in [0, 0.1) is 5.92 Å². The summed E-state index contributed by atoms with van der Waals surface area (Å²) in [6.07, 6.45) is 7.82. The fourth-order valence-corrected chi connectivity index (χ4v) is 5.64. The van der Waals surface area contributed by atoms with Crippen LogP contribution in [-0.2, 0) is 20.8 Å². The summed E-state index contributed by atoms with van der Waals surface area (Å²) in [5.74, 6) is 0.729. The van der Waals surface area contributed by atoms with Crippen molar-refractivity contribution >= 4 is 17.5 Å². The predicted molar refractivity (Wildman–Crippen MR) is 125 cm³/mol. The van der Waals surface area contributed by atoms with Crippen LogP contribution in [0.5, 0.6) is 0 Å². The highest BCUT2D eigenvalue weighted by Crippen LogP contribution is 2.29. The van der Waals surface area contributed by atoms with Gasteiger partial charge in [-0.3, -0.25) is 9.69 Å². The molecule has 1 aliphatic carbocycles. The highest BCUT2D eigenvalue weighted by molar-refractivity contribution is 6.30. The van der Waals surface area contributed by atoms with Crippen LogP contribution >= 0.6 is 11.6 Å². The Bertz CT molecular complexity index is 742. The normalized spacial score (nSPS) is 30.2. The lowest BCUT2D eigenvalue weighted by Crippen LogP contribution is -2.55. The van der Waals surface area contributed by atoms with Crippen LogP contribution in [0.4, 0.5) is 0 Å². The van der Waals surface area contributed by atoms with Crippen molar-refractivity contribution in [2.24, 2.45) is 5.92 Å². The highest BCUT2D eigenvalue weighted by Gasteiger charge is 2.38. The van der Waals surface area contributed by atoms with Crippen LogP contribution in [0.15, 0.2) is 24.3 Å². The number of carbonyl (C=O) groups is 1. The Balaban J connectivity index is 1.32. The van der Waals surface area contributed by atoms with E-state index in [4.69, 9.17) is 21.1 Å². The molecule has 32 heavy (non-hydrogen) atoms. The third-order valence-corrected chi connectivity index (χ3v) is 7.32. The van der Waals surface area contributed by atoms with Gasteiger partial charge in [0.05, 0.1) is 37.9 Å². The van der Waals surface area contributed by atoms with Gasteiger partial charge in [-0.1, -0.05) is 43.0 Å². The molecule has 0 aromatic heterocycles. The number of nitrogens with zero attached hydrogens (tertiary/aromatic N) is 1. The van der Waals surface area contributed by atoms with Gasteiger partial charge in [0.25, 0.3) is 0 Å². The third-order valence-electron chi connectivity index (χ3n) is 7.09. The zero-order chi connectivity index (χ0) is 22.3. The number of amides is 1. The number of fused-ring (bicyclic) bond motifs is 1. The van der Waals surface area contributed by atoms with E-state index in [0.717, 1.165) is 24.9 Å². The number of carbonyl (C=O) groups excluding carboxylic acids is 1. The van der Waals surface area contributed by atoms with Crippen molar-refractivity contribution in [1.29, 1.82) is 0 Å². The van der Waals surface area contributed by atoms with Crippen LogP contribution in [0.3, 0.4) is 0 Å². The summed E-state index contributed by atoms with van der Waals surface area (Å²) in [6, 6.07) is 8.01. The van der Waals surface area contributed by atoms with Gasteiger partial charge in [0.15, 0.2) is 0 Å². The first-order valence-corrected chi connectivity index (χ1v) is 12.6. The van der Waals surface area contributed by atoms with E-state index < -0.39 is 6.10 Å². The van der Waals surface area contributed by atoms with Gasteiger partial charge >= 0.3 is 0 Å². The van der Waals surface area contributed by atoms with E-state index in [1.165, 1.54) is 32.1 Å². The predicted octanol–water partition coefficient (Wildman–Crippen LogP) is 3.54. The molecule has 1 aromatic rings. The van der Waals surface area contributed by atoms with Gasteiger partial charge in [0.1, 0.15) is 0 Å². The number of benzene rings is 1. The first kappa shape index (κ1) is 24.0. The average Bonchev–Trinajstić information content (AvgIpc) is 2.77. The van der Waals surface area contributed by atoms with Crippen molar-refractivity contribution in [3.05, 3.63) is 34.9 Å². The van der Waals surface area contributed by atoms with E-state index >= 15 is 0 Å². The standard InChI is InChI=1S/C25H37ClN2O4/c26-20-8-4-7-19(11-20)14-28-15-21(29)16-31-17-24-23(28)10-9-22(32-24)12-25(30)27-13-18-5-2-1-3-6-18/h4,7-8,11,18,21-24,29H,1-3,5-6,9-10,12-17H2,(H,27,30)/t21-,22-,23-,24+/m1/s1. The summed E-state index contributed by atoms with van der Waals surface area (Å²) >= 11 is 6.18. The van der Waals surface area contributed by atoms with E-state index in [-0.39, 0.29) is 24.2 Å². The number of aliphatic hydroxyl groups excluding tert-OH is 1. The fraction of sp³-hybridized carbons (Fsp3) is 0.720. The molecular weight excluding hydrogens is 428 g/mol. The molecule has 2 aliphatic heterocycles. The number of β-amino-alcohol motifs (C(OH)–C–C–N with tert-alkyl or cyclic N) is 1. The number of hydrogen-bond acceptors (Lipinski definition) is 5. The van der Waals surface area contributed by atoms with E-state index in [1.54, 1.807) is 0 Å². The highest BCUT2D eigenvalue weighted by atomic mass is 35.5. The molecule has 2 heterocycles. The maximum Gasteiger partial charge on any atom is 0.222 e. The van der Waals surface area contributed by atoms with Crippen LogP contribution in [0.25, 0.3) is 0 Å². The number of nitrogens with one attached hydrogen (secondary N) is 1. The van der Waals surface area contributed by atoms with Crippen molar-refractivity contribution in [1.82, 2.24) is 10.2 Å². The SMILES string of the molecule is O=C(C[C@H]1CC[C@@H]2[C@H](COC[C@H](O)CN2Cc2cccc(Cl)c2)O1)NCC1CCCCC1. The second-order valence-corrected chi connectivity index (χ2v) is 10.1. The topological polar surface area (TPSA) is 71.0 Å². The van der Waals surface area contributed by atoms with Gasteiger partial charge in [0, 0.05) is 30.7 Å². The minimum Gasteiger partial charge on any atom is -0.389 e. The zero-order valence-corrected chi connectivity index (χ0v) is 19.6. The maximum absolute atomic E-state index is 12.5. The number of halogens is 1. The molecule has 4 atom stereocenters. The first-order chi connectivity index (χ1) is 15.6. The van der Waals surface area contributed by atoms with Crippen molar-refractivity contribution in [3.63, 3.8) is 0 Å². The Morgan fingerprint density at radius 3 is 2.81 bits per heavy atom. The van der Waals surface area contributed by atoms with Crippen LogP contribution in [-0.4, -0.2) is 66.6 Å². The number of aliphatic hydroxyl groups is 1. The van der Waals surface area contributed by atoms with Crippen LogP contribution < -0.4 is 5.32 Å². The number of hydrogen-bond donors (Lipinski definition) is 2. The molecule has 7 heteroatoms. The van der Waals surface area contributed by atoms with Gasteiger partial charge in [-0.15, -0.1) is 0 Å². The molecule has 6 nitrogen and oxygen atoms in total. The molecule has 4 rings (SSSR count). The molecule has 1 saturated carbocycles. The van der Waals surface area contributed by atoms with Gasteiger partial charge in [-0.2, -0.15) is 0 Å². The second kappa shape index (κ2) is 11.8. The Hall–Kier alpha value is -1.18. The summed E-state index contributed by atoms with van der Waals surface area (Å²) in [4.78, 5) is 14.8. The lowest BCUT2D eigenvalue weighted by Gasteiger charge is -2.44. The average molecular weight is 465 g/mol. The summed E-state index contributed by atoms with van der Waals surface area (Å²) in [5, 5.41) is 14.2. The molecule has 3 fully saturated rings. The van der Waals surface area contributed by atoms with E-state index in [0.29, 0.717) is 43.7 Å². The largest absolute Gasteiger partial charge is 0.389 e. The third kappa shape index (κ3) is 6.91. The summed E-state index contributed by atoms with van der Waals surface area (Å²) < 4.78 is 12.1. The molecule has 2 saturated heterocycles. The van der Waals surface area contributed by atoms with Gasteiger partial charge in [-0.25, -0.2) is 0 Å². The molecule has 0 bridgehead atoms. The Kier molecular flexibility index (Phi) is 8.83. The van der Waals surface area contributed by atoms with Gasteiger partial charge in [-0.05, 0) is 49.3 Å². The fourth-order valence-electron chi connectivity index (χ4n) is 5.43. The molecule has 1 amide bonds. The van der Waals surface area contributed by atoms with Crippen LogP contribution in [0.2, 0.25) is 5.02 Å². The Morgan fingerprint density at radius 1 is 1.16 bits per heavy atom. The van der Waals surface area contributed by atoms with Gasteiger partial charge in [0.2, 0.25) is 5.91 Å². The second-order valence-electron chi connectivity index (χ2n) is 9.70. The summed E-state index contributed by atoms with van der Waals surface area (Å²) in [6.45, 7) is 2.77. The van der Waals surface area contributed by atoms with Crippen molar-refractivity contribution < 1.29 is 19.4 Å². The van der Waals surface area contributed by atoms with Crippen molar-refractivity contribution in [2.75, 3.05) is 26.3 Å². The molecular formula is C25H37ClN2O4. The molecule has 0 unspecified atom stereocenters. The quantitative estimate of drug-likeness (QED) is 0.673. The minimum absolute atomic E-state index is 0.0800. The van der Waals surface area contributed by atoms with E-state index in [2.05, 4.69) is 16.3 Å². The van der Waals surface area contributed by atoms with Gasteiger partial charge < -0.3 is 19.9 Å². The summed E-state index contributed by atoms with van der Waals surface area (Å²) in [5.41, 5.74) is 1.12. The number of rotatable bonds is 6. The molecule has 2 N–H and O–H groups in total. The molecule has 0 radical (unpaired) electrons. The monoisotopic (exact) mass is 464 g/mol. The lowest BCUT2D eigenvalue weighted by molar-refractivity contribution is -0.158.